The van der Waals surface area contributed by atoms with Gasteiger partial charge in [0, 0.05) is 19.5 Å². The number of rotatable bonds is 9. The van der Waals surface area contributed by atoms with Gasteiger partial charge in [-0.2, -0.15) is 0 Å². The average molecular weight is 481 g/mol. The molecule has 2 saturated heterocycles. The van der Waals surface area contributed by atoms with E-state index < -0.39 is 41.2 Å². The highest BCUT2D eigenvalue weighted by atomic mass is 16.5. The van der Waals surface area contributed by atoms with Gasteiger partial charge in [-0.05, 0) is 19.3 Å². The predicted molar refractivity (Wildman–Crippen MR) is 121 cm³/mol. The number of ether oxygens (including phenoxy) is 2. The molecule has 3 fully saturated rings. The molecule has 1 aliphatic carbocycles. The molecule has 2 heterocycles. The van der Waals surface area contributed by atoms with Crippen LogP contribution in [0.3, 0.4) is 0 Å². The number of amides is 4. The normalized spacial score (nSPS) is 22.9. The highest BCUT2D eigenvalue weighted by Crippen LogP contribution is 2.29. The van der Waals surface area contributed by atoms with Crippen LogP contribution in [-0.2, 0) is 28.7 Å². The summed E-state index contributed by atoms with van der Waals surface area (Å²) in [5.74, 6) is -2.73. The molecule has 4 amide bonds. The second kappa shape index (κ2) is 12.1. The Balaban J connectivity index is 1.69. The van der Waals surface area contributed by atoms with Crippen molar-refractivity contribution in [1.29, 1.82) is 0 Å². The number of nitrogens with zero attached hydrogens (tertiary/aromatic N) is 1. The predicted octanol–water partition coefficient (Wildman–Crippen LogP) is 0.407. The summed E-state index contributed by atoms with van der Waals surface area (Å²) in [6, 6.07) is -2.21. The van der Waals surface area contributed by atoms with Crippen LogP contribution >= 0.6 is 0 Å². The molecule has 0 spiro atoms. The Hall–Kier alpha value is -2.69. The van der Waals surface area contributed by atoms with E-state index in [1.807, 2.05) is 6.92 Å². The van der Waals surface area contributed by atoms with Crippen molar-refractivity contribution < 1.29 is 33.4 Å². The van der Waals surface area contributed by atoms with Gasteiger partial charge < -0.3 is 30.3 Å². The molecule has 11 nitrogen and oxygen atoms in total. The molecule has 1 unspecified atom stereocenters. The fraction of sp³-hybridized carbons (Fsp3) is 0.783. The number of morpholine rings is 1. The Kier molecular flexibility index (Phi) is 9.26. The van der Waals surface area contributed by atoms with Crippen molar-refractivity contribution in [3.05, 3.63) is 0 Å². The first-order valence-electron chi connectivity index (χ1n) is 12.3. The Morgan fingerprint density at radius 2 is 1.79 bits per heavy atom. The van der Waals surface area contributed by atoms with Gasteiger partial charge in [0.05, 0.1) is 25.9 Å². The molecule has 34 heavy (non-hydrogen) atoms. The largest absolute Gasteiger partial charge is 0.464 e. The SMILES string of the molecule is CCCC[C@H](NC(=O)C1(NC(=O)N2CCOCC2)CCCCC1)C(=O)C(=O)NC1CCOC1=O. The average Bonchev–Trinajstić information content (AvgIpc) is 3.26. The van der Waals surface area contributed by atoms with Gasteiger partial charge >= 0.3 is 12.0 Å². The fourth-order valence-electron chi connectivity index (χ4n) is 4.60. The van der Waals surface area contributed by atoms with Crippen molar-refractivity contribution in [2.45, 2.75) is 82.3 Å². The summed E-state index contributed by atoms with van der Waals surface area (Å²) in [6.45, 7) is 3.94. The number of Topliss-reactive ketones (excluding diaryl/α,β-unsaturated/α-hetero) is 1. The number of esters is 1. The lowest BCUT2D eigenvalue weighted by Crippen LogP contribution is -2.64. The molecule has 190 valence electrons. The first-order valence-corrected chi connectivity index (χ1v) is 12.3. The lowest BCUT2D eigenvalue weighted by molar-refractivity contribution is -0.144. The lowest BCUT2D eigenvalue weighted by Gasteiger charge is -2.39. The number of carbonyl (C=O) groups excluding carboxylic acids is 5. The van der Waals surface area contributed by atoms with Gasteiger partial charge in [0.25, 0.3) is 5.91 Å². The van der Waals surface area contributed by atoms with E-state index >= 15 is 0 Å². The highest BCUT2D eigenvalue weighted by Gasteiger charge is 2.44. The molecule has 0 aromatic rings. The minimum absolute atomic E-state index is 0.194. The maximum atomic E-state index is 13.5. The van der Waals surface area contributed by atoms with E-state index in [2.05, 4.69) is 16.0 Å². The Morgan fingerprint density at radius 1 is 1.09 bits per heavy atom. The van der Waals surface area contributed by atoms with E-state index in [-0.39, 0.29) is 19.1 Å². The van der Waals surface area contributed by atoms with Crippen LogP contribution in [-0.4, -0.2) is 85.0 Å². The monoisotopic (exact) mass is 480 g/mol. The maximum absolute atomic E-state index is 13.5. The number of carbonyl (C=O) groups is 5. The summed E-state index contributed by atoms with van der Waals surface area (Å²) < 4.78 is 10.1. The number of cyclic esters (lactones) is 1. The van der Waals surface area contributed by atoms with Crippen LogP contribution in [0.2, 0.25) is 0 Å². The second-order valence-electron chi connectivity index (χ2n) is 9.19. The number of urea groups is 1. The molecular weight excluding hydrogens is 444 g/mol. The highest BCUT2D eigenvalue weighted by molar-refractivity contribution is 6.38. The van der Waals surface area contributed by atoms with Crippen molar-refractivity contribution >= 4 is 29.6 Å². The molecule has 0 aromatic heterocycles. The van der Waals surface area contributed by atoms with Crippen molar-refractivity contribution in [2.24, 2.45) is 0 Å². The van der Waals surface area contributed by atoms with Gasteiger partial charge in [0.2, 0.25) is 11.7 Å². The van der Waals surface area contributed by atoms with E-state index in [1.165, 1.54) is 0 Å². The quantitative estimate of drug-likeness (QED) is 0.320. The van der Waals surface area contributed by atoms with Crippen LogP contribution < -0.4 is 16.0 Å². The number of hydrogen-bond donors (Lipinski definition) is 3. The minimum Gasteiger partial charge on any atom is -0.464 e. The fourth-order valence-corrected chi connectivity index (χ4v) is 4.60. The third-order valence-corrected chi connectivity index (χ3v) is 6.72. The van der Waals surface area contributed by atoms with Gasteiger partial charge in [-0.1, -0.05) is 39.0 Å². The van der Waals surface area contributed by atoms with Crippen LogP contribution in [0.1, 0.15) is 64.7 Å². The number of ketones is 1. The number of unbranched alkanes of at least 4 members (excludes halogenated alkanes) is 1. The van der Waals surface area contributed by atoms with Gasteiger partial charge in [-0.15, -0.1) is 0 Å². The zero-order chi connectivity index (χ0) is 24.6. The standard InChI is InChI=1S/C23H36N4O7/c1-2-3-7-16(18(28)19(29)24-17-8-13-34-20(17)30)25-21(31)23(9-5-4-6-10-23)26-22(32)27-11-14-33-15-12-27/h16-17H,2-15H2,1H3,(H,24,29)(H,25,31)(H,26,32)/t16-,17?/m0/s1. The second-order valence-corrected chi connectivity index (χ2v) is 9.19. The van der Waals surface area contributed by atoms with Crippen molar-refractivity contribution in [1.82, 2.24) is 20.9 Å². The van der Waals surface area contributed by atoms with Gasteiger partial charge in [0.15, 0.2) is 0 Å². The van der Waals surface area contributed by atoms with Crippen LogP contribution in [0.4, 0.5) is 4.79 Å². The van der Waals surface area contributed by atoms with Crippen LogP contribution in [0, 0.1) is 0 Å². The third-order valence-electron chi connectivity index (χ3n) is 6.72. The number of nitrogens with one attached hydrogen (secondary N) is 3. The van der Waals surface area contributed by atoms with Crippen molar-refractivity contribution in [2.75, 3.05) is 32.9 Å². The Bertz CT molecular complexity index is 775. The third kappa shape index (κ3) is 6.46. The van der Waals surface area contributed by atoms with Crippen LogP contribution in [0.25, 0.3) is 0 Å². The zero-order valence-corrected chi connectivity index (χ0v) is 19.9. The molecule has 1 saturated carbocycles. The van der Waals surface area contributed by atoms with E-state index in [0.29, 0.717) is 52.0 Å². The summed E-state index contributed by atoms with van der Waals surface area (Å²) in [7, 11) is 0. The van der Waals surface area contributed by atoms with Gasteiger partial charge in [-0.25, -0.2) is 9.59 Å². The summed E-state index contributed by atoms with van der Waals surface area (Å²) in [4.78, 5) is 65.2. The van der Waals surface area contributed by atoms with E-state index in [0.717, 1.165) is 25.7 Å². The molecule has 0 aromatic carbocycles. The van der Waals surface area contributed by atoms with E-state index in [4.69, 9.17) is 9.47 Å². The maximum Gasteiger partial charge on any atom is 0.328 e. The molecule has 0 bridgehead atoms. The zero-order valence-electron chi connectivity index (χ0n) is 19.9. The first-order chi connectivity index (χ1) is 16.4. The van der Waals surface area contributed by atoms with E-state index in [9.17, 15) is 24.0 Å². The molecule has 2 atom stereocenters. The summed E-state index contributed by atoms with van der Waals surface area (Å²) >= 11 is 0. The Morgan fingerprint density at radius 3 is 2.41 bits per heavy atom. The van der Waals surface area contributed by atoms with Crippen LogP contribution in [0.5, 0.6) is 0 Å². The number of hydrogen-bond acceptors (Lipinski definition) is 7. The minimum atomic E-state index is -1.13. The topological polar surface area (TPSA) is 143 Å². The van der Waals surface area contributed by atoms with Crippen molar-refractivity contribution in [3.8, 4) is 0 Å². The smallest absolute Gasteiger partial charge is 0.328 e. The van der Waals surface area contributed by atoms with Crippen molar-refractivity contribution in [3.63, 3.8) is 0 Å². The van der Waals surface area contributed by atoms with Gasteiger partial charge in [-0.3, -0.25) is 14.4 Å². The molecule has 3 aliphatic rings. The first kappa shape index (κ1) is 25.9. The molecule has 0 radical (unpaired) electrons. The molecule has 11 heteroatoms. The van der Waals surface area contributed by atoms with Gasteiger partial charge in [0.1, 0.15) is 11.6 Å². The molecule has 3 rings (SSSR count). The molecular formula is C23H36N4O7. The molecule has 3 N–H and O–H groups in total. The van der Waals surface area contributed by atoms with E-state index in [1.54, 1.807) is 4.90 Å². The molecule has 2 aliphatic heterocycles. The summed E-state index contributed by atoms with van der Waals surface area (Å²) in [6.07, 6.45) is 5.42. The summed E-state index contributed by atoms with van der Waals surface area (Å²) in [5.41, 5.74) is -1.13. The Labute approximate surface area is 199 Å². The summed E-state index contributed by atoms with van der Waals surface area (Å²) in [5, 5.41) is 8.13. The lowest BCUT2D eigenvalue weighted by atomic mass is 9.80. The van der Waals surface area contributed by atoms with Crippen LogP contribution in [0.15, 0.2) is 0 Å².